The van der Waals surface area contributed by atoms with Crippen molar-refractivity contribution in [2.45, 2.75) is 24.9 Å². The van der Waals surface area contributed by atoms with Crippen LogP contribution in [0.2, 0.25) is 0 Å². The van der Waals surface area contributed by atoms with Gasteiger partial charge in [-0.15, -0.1) is 0 Å². The second kappa shape index (κ2) is 11.7. The van der Waals surface area contributed by atoms with Gasteiger partial charge in [0.1, 0.15) is 12.1 Å². The molecular formula is C15H23N9O5. The van der Waals surface area contributed by atoms with Crippen LogP contribution in [0.5, 0.6) is 0 Å². The Kier molecular flexibility index (Phi) is 9.32. The van der Waals surface area contributed by atoms with Crippen LogP contribution in [0.1, 0.15) is 11.4 Å². The topological polar surface area (TPSA) is 249 Å². The van der Waals surface area contributed by atoms with E-state index in [2.05, 4.69) is 30.6 Å². The zero-order chi connectivity index (χ0) is 21.8. The van der Waals surface area contributed by atoms with E-state index in [4.69, 9.17) is 27.1 Å². The number of hydrogen-bond donors (Lipinski definition) is 9. The van der Waals surface area contributed by atoms with Crippen molar-refractivity contribution < 1.29 is 24.6 Å². The van der Waals surface area contributed by atoms with Gasteiger partial charge >= 0.3 is 11.9 Å². The molecule has 0 saturated heterocycles. The maximum absolute atomic E-state index is 11.4. The molecule has 2 rings (SSSR count). The third kappa shape index (κ3) is 9.53. The molecule has 14 heteroatoms. The number of carbonyl (C=O) groups is 3. The number of carboxylic acid groups (broad SMARTS) is 2. The minimum absolute atomic E-state index is 0.0741. The lowest BCUT2D eigenvalue weighted by Crippen LogP contribution is -2.47. The largest absolute Gasteiger partial charge is 0.480 e. The zero-order valence-electron chi connectivity index (χ0n) is 15.3. The number of hydrogen-bond acceptors (Lipinski definition) is 7. The summed E-state index contributed by atoms with van der Waals surface area (Å²) in [5.41, 5.74) is 11.5. The predicted octanol–water partition coefficient (Wildman–Crippen LogP) is -2.63. The Hall–Kier alpha value is -3.94. The van der Waals surface area contributed by atoms with Crippen molar-refractivity contribution in [2.24, 2.45) is 11.5 Å². The fraction of sp³-hybridized carbons (Fsp3) is 0.333. The van der Waals surface area contributed by atoms with Crippen molar-refractivity contribution in [2.75, 3.05) is 6.54 Å². The number of rotatable bonds is 9. The number of H-pyrrole nitrogens is 2. The molecule has 0 saturated carbocycles. The number of carbonyl (C=O) groups excluding carboxylic acids is 1. The Labute approximate surface area is 164 Å². The molecule has 2 atom stereocenters. The van der Waals surface area contributed by atoms with Gasteiger partial charge in [-0.3, -0.25) is 15.0 Å². The molecule has 0 spiro atoms. The van der Waals surface area contributed by atoms with Gasteiger partial charge in [-0.05, 0) is 0 Å². The summed E-state index contributed by atoms with van der Waals surface area (Å²) in [6.07, 6.45) is 6.43. The van der Waals surface area contributed by atoms with Crippen LogP contribution in [0.15, 0.2) is 25.0 Å². The Bertz CT molecular complexity index is 791. The number of nitrogens with one attached hydrogen (secondary N) is 5. The second-order valence-corrected chi connectivity index (χ2v) is 5.70. The fourth-order valence-corrected chi connectivity index (χ4v) is 1.95. The number of nitrogens with two attached hydrogens (primary N) is 2. The highest BCUT2D eigenvalue weighted by molar-refractivity contribution is 5.87. The Morgan fingerprint density at radius 1 is 1.07 bits per heavy atom. The molecule has 158 valence electrons. The molecule has 1 unspecified atom stereocenters. The Balaban J connectivity index is 0.000000326. The smallest absolute Gasteiger partial charge is 0.326 e. The van der Waals surface area contributed by atoms with Gasteiger partial charge in [0, 0.05) is 25.2 Å². The fourth-order valence-electron chi connectivity index (χ4n) is 1.95. The van der Waals surface area contributed by atoms with Crippen molar-refractivity contribution in [3.63, 3.8) is 0 Å². The van der Waals surface area contributed by atoms with Crippen LogP contribution in [-0.2, 0) is 27.2 Å². The number of aromatic nitrogens is 4. The lowest BCUT2D eigenvalue weighted by atomic mass is 10.1. The minimum atomic E-state index is -1.16. The quantitative estimate of drug-likeness (QED) is 0.154. The summed E-state index contributed by atoms with van der Waals surface area (Å²) in [5.74, 6) is -3.08. The zero-order valence-corrected chi connectivity index (χ0v) is 15.3. The summed E-state index contributed by atoms with van der Waals surface area (Å²) < 4.78 is 0. The lowest BCUT2D eigenvalue weighted by molar-refractivity contribution is -0.141. The molecule has 0 bridgehead atoms. The molecule has 0 aromatic carbocycles. The minimum Gasteiger partial charge on any atom is -0.480 e. The highest BCUT2D eigenvalue weighted by atomic mass is 16.4. The Morgan fingerprint density at radius 2 is 1.62 bits per heavy atom. The number of amides is 1. The van der Waals surface area contributed by atoms with Gasteiger partial charge in [-0.25, -0.2) is 14.8 Å². The van der Waals surface area contributed by atoms with E-state index in [1.54, 1.807) is 12.4 Å². The Morgan fingerprint density at radius 3 is 2.03 bits per heavy atom. The van der Waals surface area contributed by atoms with E-state index in [-0.39, 0.29) is 25.3 Å². The summed E-state index contributed by atoms with van der Waals surface area (Å²) in [4.78, 5) is 45.7. The van der Waals surface area contributed by atoms with Crippen LogP contribution < -0.4 is 22.1 Å². The summed E-state index contributed by atoms with van der Waals surface area (Å²) in [6, 6.07) is -1.94. The van der Waals surface area contributed by atoms with E-state index in [0.29, 0.717) is 11.4 Å². The predicted molar refractivity (Wildman–Crippen MR) is 99.7 cm³/mol. The van der Waals surface area contributed by atoms with E-state index < -0.39 is 29.9 Å². The molecule has 11 N–H and O–H groups in total. The van der Waals surface area contributed by atoms with Crippen molar-refractivity contribution in [1.82, 2.24) is 30.6 Å². The molecule has 0 aliphatic rings. The van der Waals surface area contributed by atoms with Gasteiger partial charge in [-0.1, -0.05) is 0 Å². The number of carboxylic acids is 2. The molecule has 0 radical (unpaired) electrons. The average Bonchev–Trinajstić information content (AvgIpc) is 3.33. The summed E-state index contributed by atoms with van der Waals surface area (Å²) in [7, 11) is 0. The van der Waals surface area contributed by atoms with Crippen LogP contribution in [-0.4, -0.2) is 72.6 Å². The van der Waals surface area contributed by atoms with Crippen molar-refractivity contribution in [1.29, 1.82) is 5.41 Å². The number of aliphatic carboxylic acids is 2. The van der Waals surface area contributed by atoms with Gasteiger partial charge in [-0.2, -0.15) is 0 Å². The molecule has 1 amide bonds. The monoisotopic (exact) mass is 409 g/mol. The van der Waals surface area contributed by atoms with Gasteiger partial charge in [0.15, 0.2) is 5.96 Å². The number of aromatic amines is 2. The summed E-state index contributed by atoms with van der Waals surface area (Å²) >= 11 is 0. The maximum atomic E-state index is 11.4. The molecule has 0 aliphatic heterocycles. The van der Waals surface area contributed by atoms with Crippen molar-refractivity contribution in [3.8, 4) is 0 Å². The van der Waals surface area contributed by atoms with Crippen LogP contribution >= 0.6 is 0 Å². The standard InChI is InChI=1S/C9H14N6O3.C6H9N3O2/c10-9(11)13-3-7(16)15-6(8(17)18)1-5-2-12-4-14-5;7-5(6(10)11)1-4-2-8-3-9-4/h2,4,6H,1,3H2,(H,12,14)(H,15,16)(H,17,18)(H4,10,11,13);2-3,5H,1,7H2,(H,8,9)(H,10,11)/t6-;/m0./s1. The first-order valence-corrected chi connectivity index (χ1v) is 8.22. The van der Waals surface area contributed by atoms with Gasteiger partial charge in [0.05, 0.1) is 30.6 Å². The van der Waals surface area contributed by atoms with Gasteiger partial charge in [0.2, 0.25) is 5.91 Å². The molecule has 0 fully saturated rings. The highest BCUT2D eigenvalue weighted by Crippen LogP contribution is 1.98. The molecule has 2 aromatic heterocycles. The summed E-state index contributed by atoms with van der Waals surface area (Å²) in [5, 5.41) is 28.8. The number of guanidine groups is 1. The molecule has 2 aromatic rings. The van der Waals surface area contributed by atoms with Gasteiger partial charge in [0.25, 0.3) is 0 Å². The van der Waals surface area contributed by atoms with Crippen molar-refractivity contribution >= 4 is 23.8 Å². The van der Waals surface area contributed by atoms with Crippen LogP contribution in [0.4, 0.5) is 0 Å². The molecule has 0 aliphatic carbocycles. The first-order chi connectivity index (χ1) is 13.7. The second-order valence-electron chi connectivity index (χ2n) is 5.70. The first-order valence-electron chi connectivity index (χ1n) is 8.22. The van der Waals surface area contributed by atoms with Crippen molar-refractivity contribution in [3.05, 3.63) is 36.4 Å². The van der Waals surface area contributed by atoms with E-state index in [1.165, 1.54) is 12.7 Å². The summed E-state index contributed by atoms with van der Waals surface area (Å²) in [6.45, 7) is -0.250. The number of nitrogens with zero attached hydrogens (tertiary/aromatic N) is 2. The van der Waals surface area contributed by atoms with Crippen LogP contribution in [0.3, 0.4) is 0 Å². The molecule has 2 heterocycles. The average molecular weight is 409 g/mol. The third-order valence-corrected chi connectivity index (χ3v) is 3.34. The third-order valence-electron chi connectivity index (χ3n) is 3.34. The lowest BCUT2D eigenvalue weighted by Gasteiger charge is -2.13. The molecule has 29 heavy (non-hydrogen) atoms. The number of imidazole rings is 2. The normalized spacial score (nSPS) is 12.0. The molecule has 14 nitrogen and oxygen atoms in total. The van der Waals surface area contributed by atoms with E-state index >= 15 is 0 Å². The van der Waals surface area contributed by atoms with Gasteiger partial charge < -0.3 is 42.3 Å². The maximum Gasteiger partial charge on any atom is 0.326 e. The first kappa shape index (κ1) is 23.1. The van der Waals surface area contributed by atoms with Crippen LogP contribution in [0, 0.1) is 5.41 Å². The van der Waals surface area contributed by atoms with E-state index in [1.807, 2.05) is 0 Å². The molecular weight excluding hydrogens is 386 g/mol. The highest BCUT2D eigenvalue weighted by Gasteiger charge is 2.21. The SMILES string of the molecule is N=C(N)NCC(=O)N[C@@H](Cc1c[nH]cn1)C(=O)O.NC(Cc1c[nH]cn1)C(=O)O. The van der Waals surface area contributed by atoms with E-state index in [9.17, 15) is 14.4 Å². The van der Waals surface area contributed by atoms with E-state index in [0.717, 1.165) is 0 Å². The van der Waals surface area contributed by atoms with Crippen LogP contribution in [0.25, 0.3) is 0 Å².